The highest BCUT2D eigenvalue weighted by Gasteiger charge is 2.36. The molecule has 0 spiro atoms. The van der Waals surface area contributed by atoms with E-state index in [2.05, 4.69) is 53.2 Å². The van der Waals surface area contributed by atoms with Gasteiger partial charge in [0.15, 0.2) is 0 Å². The lowest BCUT2D eigenvalue weighted by Gasteiger charge is -2.44. The molecule has 49 heavy (non-hydrogen) atoms. The first kappa shape index (κ1) is 32.3. The minimum absolute atomic E-state index is 0.0409. The summed E-state index contributed by atoms with van der Waals surface area (Å²) in [4.78, 5) is 47.1. The highest BCUT2D eigenvalue weighted by atomic mass is 16.5. The number of ether oxygens (including phenoxy) is 2. The van der Waals surface area contributed by atoms with Gasteiger partial charge < -0.3 is 34.1 Å². The Balaban J connectivity index is 1.18. The Morgan fingerprint density at radius 3 is 2.33 bits per heavy atom. The topological polar surface area (TPSA) is 96.3 Å². The molecule has 4 heterocycles. The van der Waals surface area contributed by atoms with E-state index in [1.165, 1.54) is 11.3 Å². The van der Waals surface area contributed by atoms with Crippen LogP contribution in [-0.4, -0.2) is 74.3 Å². The maximum atomic E-state index is 14.0. The SMILES string of the molecule is COc1cc(OC)cc(C(=O)Nc2cc(C(=O)N3CCN(c4cccc(C)c4)[C@H](C)C3)ccc2N2C[C@H]3C[C@@H](C2)c2cccc(=O)n2C3)c1. The molecule has 0 saturated carbocycles. The van der Waals surface area contributed by atoms with Gasteiger partial charge in [0.05, 0.1) is 25.6 Å². The molecule has 4 aromatic rings. The fourth-order valence-electron chi connectivity index (χ4n) is 7.79. The normalized spacial score (nSPS) is 20.0. The molecule has 3 atom stereocenters. The standard InChI is InChI=1S/C39H43N5O5/c1-25-7-5-8-31(15-25)43-14-13-41(21-26(43)2)39(47)28-11-12-36(34(19-28)40-38(46)29-17-32(48-3)20-33(18-29)49-4)42-22-27-16-30(24-42)35-9-6-10-37(45)44(35)23-27/h5-12,15,17-20,26-27,30H,13-14,16,21-24H2,1-4H3,(H,40,46)/t26-,27-,30+/m1/s1. The number of carbonyl (C=O) groups is 2. The number of pyridine rings is 1. The van der Waals surface area contributed by atoms with Crippen LogP contribution in [0.4, 0.5) is 17.1 Å². The predicted molar refractivity (Wildman–Crippen MR) is 192 cm³/mol. The molecule has 1 aromatic heterocycles. The number of hydrogen-bond acceptors (Lipinski definition) is 7. The Bertz CT molecular complexity index is 1930. The van der Waals surface area contributed by atoms with Crippen LogP contribution in [-0.2, 0) is 6.54 Å². The highest BCUT2D eigenvalue weighted by Crippen LogP contribution is 2.40. The van der Waals surface area contributed by atoms with Crippen LogP contribution in [0.5, 0.6) is 11.5 Å². The van der Waals surface area contributed by atoms with Crippen LogP contribution in [0.15, 0.2) is 83.7 Å². The number of rotatable bonds is 7. The molecule has 0 unspecified atom stereocenters. The molecule has 2 saturated heterocycles. The maximum Gasteiger partial charge on any atom is 0.255 e. The van der Waals surface area contributed by atoms with E-state index in [1.807, 2.05) is 39.8 Å². The summed E-state index contributed by atoms with van der Waals surface area (Å²) in [6.45, 7) is 8.26. The monoisotopic (exact) mass is 661 g/mol. The summed E-state index contributed by atoms with van der Waals surface area (Å²) in [6.07, 6.45) is 1.01. The second-order valence-electron chi connectivity index (χ2n) is 13.5. The number of nitrogens with one attached hydrogen (secondary N) is 1. The van der Waals surface area contributed by atoms with E-state index in [4.69, 9.17) is 9.47 Å². The van der Waals surface area contributed by atoms with Crippen LogP contribution >= 0.6 is 0 Å². The molecule has 3 aromatic carbocycles. The number of aryl methyl sites for hydroxylation is 1. The zero-order valence-electron chi connectivity index (χ0n) is 28.5. The zero-order chi connectivity index (χ0) is 34.2. The predicted octanol–water partition coefficient (Wildman–Crippen LogP) is 5.40. The number of methoxy groups -OCH3 is 2. The molecule has 1 N–H and O–H groups in total. The number of piperazine rings is 1. The number of carbonyl (C=O) groups excluding carboxylic acids is 2. The molecule has 2 fully saturated rings. The molecular weight excluding hydrogens is 618 g/mol. The largest absolute Gasteiger partial charge is 0.497 e. The summed E-state index contributed by atoms with van der Waals surface area (Å²) in [5, 5.41) is 3.14. The maximum absolute atomic E-state index is 14.0. The van der Waals surface area contributed by atoms with Crippen LogP contribution in [0.3, 0.4) is 0 Å². The average Bonchev–Trinajstić information content (AvgIpc) is 3.11. The smallest absolute Gasteiger partial charge is 0.255 e. The van der Waals surface area contributed by atoms with Crippen LogP contribution in [0.2, 0.25) is 0 Å². The zero-order valence-corrected chi connectivity index (χ0v) is 28.5. The van der Waals surface area contributed by atoms with Crippen molar-refractivity contribution < 1.29 is 19.1 Å². The molecule has 254 valence electrons. The molecule has 0 radical (unpaired) electrons. The number of nitrogens with zero attached hydrogens (tertiary/aromatic N) is 4. The molecule has 7 rings (SSSR count). The van der Waals surface area contributed by atoms with Crippen molar-refractivity contribution >= 4 is 28.9 Å². The average molecular weight is 662 g/mol. The fourth-order valence-corrected chi connectivity index (χ4v) is 7.79. The van der Waals surface area contributed by atoms with Gasteiger partial charge in [-0.2, -0.15) is 0 Å². The second kappa shape index (κ2) is 13.3. The van der Waals surface area contributed by atoms with Crippen LogP contribution in [0, 0.1) is 12.8 Å². The lowest BCUT2D eigenvalue weighted by atomic mass is 9.83. The third-order valence-electron chi connectivity index (χ3n) is 10.2. The Morgan fingerprint density at radius 1 is 0.816 bits per heavy atom. The molecule has 10 heteroatoms. The summed E-state index contributed by atoms with van der Waals surface area (Å²) >= 11 is 0. The second-order valence-corrected chi connectivity index (χ2v) is 13.5. The number of aromatic nitrogens is 1. The first-order valence-electron chi connectivity index (χ1n) is 17.0. The summed E-state index contributed by atoms with van der Waals surface area (Å²) in [6, 6.07) is 24.8. The van der Waals surface area contributed by atoms with Gasteiger partial charge in [0, 0.05) is 85.9 Å². The fraction of sp³-hybridized carbons (Fsp3) is 0.359. The quantitative estimate of drug-likeness (QED) is 0.284. The highest BCUT2D eigenvalue weighted by molar-refractivity contribution is 6.07. The molecule has 2 amide bonds. The Hall–Kier alpha value is -5.25. The molecule has 0 aliphatic carbocycles. The molecule has 3 aliphatic heterocycles. The number of hydrogen-bond donors (Lipinski definition) is 1. The summed E-state index contributed by atoms with van der Waals surface area (Å²) in [5.74, 6) is 1.07. The minimum Gasteiger partial charge on any atom is -0.497 e. The number of amides is 2. The molecular formula is C39H43N5O5. The van der Waals surface area contributed by atoms with Crippen molar-refractivity contribution in [2.75, 3.05) is 62.1 Å². The lowest BCUT2D eigenvalue weighted by molar-refractivity contribution is 0.0726. The van der Waals surface area contributed by atoms with E-state index >= 15 is 0 Å². The van der Waals surface area contributed by atoms with Gasteiger partial charge in [-0.15, -0.1) is 0 Å². The first-order valence-corrected chi connectivity index (χ1v) is 17.0. The van der Waals surface area contributed by atoms with Crippen molar-refractivity contribution in [2.24, 2.45) is 5.92 Å². The van der Waals surface area contributed by atoms with Crippen molar-refractivity contribution in [1.82, 2.24) is 9.47 Å². The molecule has 3 aliphatic rings. The van der Waals surface area contributed by atoms with Gasteiger partial charge in [-0.25, -0.2) is 0 Å². The number of piperidine rings is 1. The van der Waals surface area contributed by atoms with Gasteiger partial charge in [-0.1, -0.05) is 18.2 Å². The third-order valence-corrected chi connectivity index (χ3v) is 10.2. The third kappa shape index (κ3) is 6.47. The van der Waals surface area contributed by atoms with Crippen LogP contribution < -0.4 is 30.1 Å². The van der Waals surface area contributed by atoms with Crippen molar-refractivity contribution in [3.8, 4) is 11.5 Å². The minimum atomic E-state index is -0.336. The summed E-state index contributed by atoms with van der Waals surface area (Å²) in [5.41, 5.74) is 5.78. The number of fused-ring (bicyclic) bond motifs is 4. The molecule has 10 nitrogen and oxygen atoms in total. The van der Waals surface area contributed by atoms with Gasteiger partial charge in [0.1, 0.15) is 11.5 Å². The van der Waals surface area contributed by atoms with E-state index in [-0.39, 0.29) is 35.3 Å². The van der Waals surface area contributed by atoms with Crippen molar-refractivity contribution in [1.29, 1.82) is 0 Å². The van der Waals surface area contributed by atoms with Gasteiger partial charge in [-0.3, -0.25) is 14.4 Å². The van der Waals surface area contributed by atoms with Crippen molar-refractivity contribution in [3.63, 3.8) is 0 Å². The van der Waals surface area contributed by atoms with E-state index in [1.54, 1.807) is 38.5 Å². The number of anilines is 3. The van der Waals surface area contributed by atoms with E-state index < -0.39 is 0 Å². The number of benzene rings is 3. The van der Waals surface area contributed by atoms with E-state index in [0.717, 1.165) is 30.9 Å². The van der Waals surface area contributed by atoms with Crippen molar-refractivity contribution in [3.05, 3.63) is 112 Å². The van der Waals surface area contributed by atoms with Crippen LogP contribution in [0.1, 0.15) is 51.2 Å². The van der Waals surface area contributed by atoms with Gasteiger partial charge in [0.25, 0.3) is 17.4 Å². The van der Waals surface area contributed by atoms with E-state index in [0.29, 0.717) is 54.5 Å². The Morgan fingerprint density at radius 2 is 1.59 bits per heavy atom. The van der Waals surface area contributed by atoms with Gasteiger partial charge in [0.2, 0.25) is 0 Å². The summed E-state index contributed by atoms with van der Waals surface area (Å²) < 4.78 is 12.7. The Labute approximate surface area is 286 Å². The molecule has 2 bridgehead atoms. The summed E-state index contributed by atoms with van der Waals surface area (Å²) in [7, 11) is 3.09. The van der Waals surface area contributed by atoms with E-state index in [9.17, 15) is 14.4 Å². The Kier molecular flexibility index (Phi) is 8.79. The van der Waals surface area contributed by atoms with Gasteiger partial charge in [-0.05, 0) is 80.3 Å². The van der Waals surface area contributed by atoms with Crippen molar-refractivity contribution in [2.45, 2.75) is 38.8 Å². The lowest BCUT2D eigenvalue weighted by Crippen LogP contribution is -2.53. The van der Waals surface area contributed by atoms with Gasteiger partial charge >= 0.3 is 0 Å². The van der Waals surface area contributed by atoms with Crippen LogP contribution in [0.25, 0.3) is 0 Å². The first-order chi connectivity index (χ1) is 23.7.